The largest absolute Gasteiger partial charge is 0.465 e. The van der Waals surface area contributed by atoms with E-state index in [4.69, 9.17) is 27.9 Å². The van der Waals surface area contributed by atoms with Gasteiger partial charge in [0.25, 0.3) is 0 Å². The smallest absolute Gasteiger partial charge is 0.340 e. The van der Waals surface area contributed by atoms with Crippen molar-refractivity contribution >= 4 is 29.2 Å². The third-order valence-electron chi connectivity index (χ3n) is 2.62. The molecule has 19 heavy (non-hydrogen) atoms. The van der Waals surface area contributed by atoms with Crippen molar-refractivity contribution in [1.29, 1.82) is 0 Å². The van der Waals surface area contributed by atoms with Gasteiger partial charge in [-0.25, -0.2) is 4.79 Å². The monoisotopic (exact) mass is 299 g/mol. The number of carbonyl (C=O) groups excluding carboxylic acids is 1. The van der Waals surface area contributed by atoms with Crippen LogP contribution in [0.5, 0.6) is 0 Å². The molecule has 0 unspecified atom stereocenters. The number of hydrogen-bond acceptors (Lipinski definition) is 4. The number of methoxy groups -OCH3 is 1. The first kappa shape index (κ1) is 13.8. The summed E-state index contributed by atoms with van der Waals surface area (Å²) in [6.45, 7) is 1.78. The predicted molar refractivity (Wildman–Crippen MR) is 72.0 cm³/mol. The number of aryl methyl sites for hydroxylation is 1. The third kappa shape index (κ3) is 2.57. The van der Waals surface area contributed by atoms with E-state index in [1.807, 2.05) is 0 Å². The number of alkyl halides is 1. The lowest BCUT2D eigenvalue weighted by Gasteiger charge is -2.12. The summed E-state index contributed by atoms with van der Waals surface area (Å²) in [5, 5.41) is 8.36. The van der Waals surface area contributed by atoms with Gasteiger partial charge in [0.05, 0.1) is 24.2 Å². The lowest BCUT2D eigenvalue weighted by molar-refractivity contribution is 0.0601. The van der Waals surface area contributed by atoms with E-state index in [0.717, 1.165) is 0 Å². The third-order valence-corrected chi connectivity index (χ3v) is 3.09. The van der Waals surface area contributed by atoms with Crippen molar-refractivity contribution in [2.45, 2.75) is 12.8 Å². The maximum absolute atomic E-state index is 11.8. The maximum Gasteiger partial charge on any atom is 0.340 e. The van der Waals surface area contributed by atoms with Crippen molar-refractivity contribution < 1.29 is 9.53 Å². The molecule has 0 aliphatic carbocycles. The summed E-state index contributed by atoms with van der Waals surface area (Å²) in [6.07, 6.45) is 0. The number of benzene rings is 1. The molecular formula is C12H11Cl2N3O2. The molecule has 5 nitrogen and oxygen atoms in total. The molecule has 0 aliphatic rings. The van der Waals surface area contributed by atoms with Crippen LogP contribution in [0.2, 0.25) is 5.02 Å². The van der Waals surface area contributed by atoms with Crippen LogP contribution in [0.1, 0.15) is 22.0 Å². The molecule has 0 bridgehead atoms. The Balaban J connectivity index is 2.68. The summed E-state index contributed by atoms with van der Waals surface area (Å²) in [5.74, 6) is 0.880. The van der Waals surface area contributed by atoms with Crippen molar-refractivity contribution in [1.82, 2.24) is 14.8 Å². The summed E-state index contributed by atoms with van der Waals surface area (Å²) < 4.78 is 6.46. The van der Waals surface area contributed by atoms with Crippen molar-refractivity contribution in [2.75, 3.05) is 7.11 Å². The Hall–Kier alpha value is -1.59. The highest BCUT2D eigenvalue weighted by Crippen LogP contribution is 2.23. The van der Waals surface area contributed by atoms with E-state index in [0.29, 0.717) is 27.9 Å². The molecule has 0 N–H and O–H groups in total. The second-order valence-corrected chi connectivity index (χ2v) is 4.49. The van der Waals surface area contributed by atoms with E-state index in [1.54, 1.807) is 29.7 Å². The van der Waals surface area contributed by atoms with Crippen molar-refractivity contribution in [3.63, 3.8) is 0 Å². The normalized spacial score (nSPS) is 10.5. The molecule has 2 rings (SSSR count). The van der Waals surface area contributed by atoms with Gasteiger partial charge in [-0.2, -0.15) is 0 Å². The van der Waals surface area contributed by atoms with Crippen LogP contribution in [0.3, 0.4) is 0 Å². The summed E-state index contributed by atoms with van der Waals surface area (Å²) in [5.41, 5.74) is 0.929. The SMILES string of the molecule is COC(=O)c1cc(Cl)ccc1-n1c(C)nnc1CCl. The second kappa shape index (κ2) is 5.59. The van der Waals surface area contributed by atoms with Crippen LogP contribution in [-0.2, 0) is 10.6 Å². The zero-order valence-electron chi connectivity index (χ0n) is 10.4. The van der Waals surface area contributed by atoms with Crippen LogP contribution in [0.4, 0.5) is 0 Å². The Morgan fingerprint density at radius 3 is 2.79 bits per heavy atom. The van der Waals surface area contributed by atoms with Crippen molar-refractivity contribution in [3.05, 3.63) is 40.4 Å². The number of rotatable bonds is 3. The highest BCUT2D eigenvalue weighted by molar-refractivity contribution is 6.31. The molecule has 1 heterocycles. The zero-order chi connectivity index (χ0) is 14.0. The van der Waals surface area contributed by atoms with Crippen LogP contribution in [0, 0.1) is 6.92 Å². The predicted octanol–water partition coefficient (Wildman–Crippen LogP) is 2.75. The molecular weight excluding hydrogens is 289 g/mol. The number of nitrogens with zero attached hydrogens (tertiary/aromatic N) is 3. The minimum absolute atomic E-state index is 0.185. The number of hydrogen-bond donors (Lipinski definition) is 0. The maximum atomic E-state index is 11.8. The fourth-order valence-corrected chi connectivity index (χ4v) is 2.13. The molecule has 0 saturated carbocycles. The summed E-state index contributed by atoms with van der Waals surface area (Å²) in [7, 11) is 1.31. The van der Waals surface area contributed by atoms with Crippen LogP contribution in [0.15, 0.2) is 18.2 Å². The van der Waals surface area contributed by atoms with E-state index >= 15 is 0 Å². The fraction of sp³-hybridized carbons (Fsp3) is 0.250. The molecule has 0 saturated heterocycles. The highest BCUT2D eigenvalue weighted by Gasteiger charge is 2.18. The topological polar surface area (TPSA) is 57.0 Å². The minimum Gasteiger partial charge on any atom is -0.465 e. The summed E-state index contributed by atoms with van der Waals surface area (Å²) >= 11 is 11.7. The van der Waals surface area contributed by atoms with E-state index in [1.165, 1.54) is 7.11 Å². The molecule has 0 aliphatic heterocycles. The van der Waals surface area contributed by atoms with E-state index < -0.39 is 5.97 Å². The molecule has 0 radical (unpaired) electrons. The number of esters is 1. The molecule has 0 fully saturated rings. The van der Waals surface area contributed by atoms with E-state index in [9.17, 15) is 4.79 Å². The summed E-state index contributed by atoms with van der Waals surface area (Å²) in [4.78, 5) is 11.8. The van der Waals surface area contributed by atoms with E-state index in [-0.39, 0.29) is 5.88 Å². The Bertz CT molecular complexity index is 625. The lowest BCUT2D eigenvalue weighted by atomic mass is 10.1. The average Bonchev–Trinajstić information content (AvgIpc) is 2.79. The van der Waals surface area contributed by atoms with Gasteiger partial charge in [-0.1, -0.05) is 11.6 Å². The Labute approximate surface area is 120 Å². The quantitative estimate of drug-likeness (QED) is 0.646. The molecule has 0 atom stereocenters. The first-order valence-electron chi connectivity index (χ1n) is 5.43. The van der Waals surface area contributed by atoms with Crippen molar-refractivity contribution in [2.24, 2.45) is 0 Å². The van der Waals surface area contributed by atoms with Gasteiger partial charge in [-0.3, -0.25) is 4.57 Å². The van der Waals surface area contributed by atoms with Gasteiger partial charge >= 0.3 is 5.97 Å². The minimum atomic E-state index is -0.480. The molecule has 0 spiro atoms. The molecule has 0 amide bonds. The van der Waals surface area contributed by atoms with Gasteiger partial charge in [0, 0.05) is 5.02 Å². The molecule has 1 aromatic carbocycles. The molecule has 7 heteroatoms. The van der Waals surface area contributed by atoms with Gasteiger partial charge in [0.2, 0.25) is 0 Å². The average molecular weight is 300 g/mol. The van der Waals surface area contributed by atoms with E-state index in [2.05, 4.69) is 10.2 Å². The van der Waals surface area contributed by atoms with Crippen molar-refractivity contribution in [3.8, 4) is 5.69 Å². The van der Waals surface area contributed by atoms with Crippen LogP contribution in [0.25, 0.3) is 5.69 Å². The van der Waals surface area contributed by atoms with Gasteiger partial charge < -0.3 is 4.74 Å². The Morgan fingerprint density at radius 2 is 2.16 bits per heavy atom. The van der Waals surface area contributed by atoms with Crippen LogP contribution < -0.4 is 0 Å². The Morgan fingerprint density at radius 1 is 1.42 bits per heavy atom. The van der Waals surface area contributed by atoms with Crippen LogP contribution >= 0.6 is 23.2 Å². The number of aromatic nitrogens is 3. The number of carbonyl (C=O) groups is 1. The molecule has 1 aromatic heterocycles. The fourth-order valence-electron chi connectivity index (χ4n) is 1.78. The molecule has 100 valence electrons. The highest BCUT2D eigenvalue weighted by atomic mass is 35.5. The Kier molecular flexibility index (Phi) is 4.07. The van der Waals surface area contributed by atoms with Gasteiger partial charge in [-0.15, -0.1) is 21.8 Å². The first-order valence-corrected chi connectivity index (χ1v) is 6.34. The van der Waals surface area contributed by atoms with Crippen LogP contribution in [-0.4, -0.2) is 27.8 Å². The standard InChI is InChI=1S/C12H11Cl2N3O2/c1-7-15-16-11(6-13)17(7)10-4-3-8(14)5-9(10)12(18)19-2/h3-5H,6H2,1-2H3. The van der Waals surface area contributed by atoms with Gasteiger partial charge in [-0.05, 0) is 25.1 Å². The first-order chi connectivity index (χ1) is 9.08. The summed E-state index contributed by atoms with van der Waals surface area (Å²) in [6, 6.07) is 4.93. The number of halogens is 2. The van der Waals surface area contributed by atoms with Gasteiger partial charge in [0.15, 0.2) is 5.82 Å². The van der Waals surface area contributed by atoms with Gasteiger partial charge in [0.1, 0.15) is 5.82 Å². The number of ether oxygens (including phenoxy) is 1. The lowest BCUT2D eigenvalue weighted by Crippen LogP contribution is -2.10. The molecule has 2 aromatic rings. The second-order valence-electron chi connectivity index (χ2n) is 3.79. The zero-order valence-corrected chi connectivity index (χ0v) is 11.9.